The summed E-state index contributed by atoms with van der Waals surface area (Å²) in [5, 5.41) is 5.98. The van der Waals surface area contributed by atoms with Crippen molar-refractivity contribution in [2.24, 2.45) is 0 Å². The number of rotatable bonds is 5. The third-order valence-corrected chi connectivity index (χ3v) is 4.05. The number of likely N-dealkylation sites (N-methyl/N-ethyl adjacent to an activating group) is 1. The third kappa shape index (κ3) is 2.45. The van der Waals surface area contributed by atoms with Crippen molar-refractivity contribution in [3.05, 3.63) is 23.8 Å². The highest BCUT2D eigenvalue weighted by Crippen LogP contribution is 2.34. The smallest absolute Gasteiger partial charge is 0.246 e. The summed E-state index contributed by atoms with van der Waals surface area (Å²) in [6, 6.07) is 6.53. The molecular weight excluding hydrogens is 238 g/mol. The Hall–Kier alpha value is -1.55. The number of nitrogens with one attached hydrogen (secondary N) is 2. The molecule has 104 valence electrons. The summed E-state index contributed by atoms with van der Waals surface area (Å²) < 4.78 is 0. The largest absolute Gasteiger partial charge is 0.372 e. The van der Waals surface area contributed by atoms with E-state index in [1.807, 2.05) is 13.1 Å². The van der Waals surface area contributed by atoms with Crippen LogP contribution in [0.2, 0.25) is 0 Å². The maximum atomic E-state index is 11.8. The molecular formula is C15H23N3O. The SMILES string of the molecule is CCC(CC)N(C)c1ccc2c(c1)NC(=O)C2NC. The molecule has 0 aliphatic carbocycles. The molecule has 1 unspecified atom stereocenters. The molecule has 0 saturated carbocycles. The summed E-state index contributed by atoms with van der Waals surface area (Å²) in [6.45, 7) is 4.41. The number of anilines is 2. The molecule has 1 aliphatic rings. The van der Waals surface area contributed by atoms with Gasteiger partial charge >= 0.3 is 0 Å². The van der Waals surface area contributed by atoms with E-state index in [9.17, 15) is 4.79 Å². The van der Waals surface area contributed by atoms with Crippen LogP contribution in [0, 0.1) is 0 Å². The Balaban J connectivity index is 2.28. The van der Waals surface area contributed by atoms with E-state index < -0.39 is 0 Å². The third-order valence-electron chi connectivity index (χ3n) is 4.05. The Morgan fingerprint density at radius 2 is 2.05 bits per heavy atom. The van der Waals surface area contributed by atoms with Gasteiger partial charge in [-0.25, -0.2) is 0 Å². The highest BCUT2D eigenvalue weighted by atomic mass is 16.2. The van der Waals surface area contributed by atoms with Gasteiger partial charge in [0.25, 0.3) is 0 Å². The van der Waals surface area contributed by atoms with Crippen LogP contribution in [-0.4, -0.2) is 26.0 Å². The molecule has 0 aromatic heterocycles. The van der Waals surface area contributed by atoms with Crippen LogP contribution in [0.5, 0.6) is 0 Å². The number of hydrogen-bond acceptors (Lipinski definition) is 3. The van der Waals surface area contributed by atoms with Gasteiger partial charge in [0.1, 0.15) is 6.04 Å². The number of amides is 1. The van der Waals surface area contributed by atoms with Crippen molar-refractivity contribution in [1.82, 2.24) is 5.32 Å². The van der Waals surface area contributed by atoms with Gasteiger partial charge in [-0.05, 0) is 32.0 Å². The lowest BCUT2D eigenvalue weighted by Gasteiger charge is -2.28. The Kier molecular flexibility index (Phi) is 4.10. The number of nitrogens with zero attached hydrogens (tertiary/aromatic N) is 1. The fourth-order valence-corrected chi connectivity index (χ4v) is 2.80. The zero-order valence-electron chi connectivity index (χ0n) is 12.2. The van der Waals surface area contributed by atoms with Crippen LogP contribution in [0.25, 0.3) is 0 Å². The van der Waals surface area contributed by atoms with E-state index >= 15 is 0 Å². The van der Waals surface area contributed by atoms with Crippen molar-refractivity contribution in [1.29, 1.82) is 0 Å². The minimum absolute atomic E-state index is 0.0276. The molecule has 0 bridgehead atoms. The summed E-state index contributed by atoms with van der Waals surface area (Å²) >= 11 is 0. The van der Waals surface area contributed by atoms with Crippen molar-refractivity contribution < 1.29 is 4.79 Å². The van der Waals surface area contributed by atoms with E-state index in [1.54, 1.807) is 0 Å². The average molecular weight is 261 g/mol. The van der Waals surface area contributed by atoms with Crippen molar-refractivity contribution in [3.63, 3.8) is 0 Å². The fourth-order valence-electron chi connectivity index (χ4n) is 2.80. The summed E-state index contributed by atoms with van der Waals surface area (Å²) in [6.07, 6.45) is 2.24. The molecule has 0 saturated heterocycles. The standard InChI is InChI=1S/C15H23N3O/c1-5-10(6-2)18(4)11-7-8-12-13(9-11)17-15(19)14(12)16-3/h7-10,14,16H,5-6H2,1-4H3,(H,17,19). The van der Waals surface area contributed by atoms with Crippen molar-refractivity contribution in [2.45, 2.75) is 38.8 Å². The second-order valence-corrected chi connectivity index (χ2v) is 5.06. The van der Waals surface area contributed by atoms with Gasteiger partial charge in [0.05, 0.1) is 0 Å². The van der Waals surface area contributed by atoms with Gasteiger partial charge in [-0.15, -0.1) is 0 Å². The summed E-state index contributed by atoms with van der Waals surface area (Å²) in [7, 11) is 3.93. The molecule has 0 radical (unpaired) electrons. The highest BCUT2D eigenvalue weighted by molar-refractivity contribution is 6.03. The van der Waals surface area contributed by atoms with Crippen LogP contribution < -0.4 is 15.5 Å². The highest BCUT2D eigenvalue weighted by Gasteiger charge is 2.29. The van der Waals surface area contributed by atoms with Gasteiger partial charge in [-0.3, -0.25) is 4.79 Å². The van der Waals surface area contributed by atoms with E-state index in [0.717, 1.165) is 29.8 Å². The predicted octanol–water partition coefficient (Wildman–Crippen LogP) is 2.52. The number of carbonyl (C=O) groups is 1. The second kappa shape index (κ2) is 5.61. The van der Waals surface area contributed by atoms with Gasteiger partial charge in [-0.1, -0.05) is 19.9 Å². The molecule has 0 fully saturated rings. The molecule has 1 aromatic rings. The molecule has 4 nitrogen and oxygen atoms in total. The first kappa shape index (κ1) is 13.9. The van der Waals surface area contributed by atoms with Crippen LogP contribution in [-0.2, 0) is 4.79 Å². The Labute approximate surface area is 115 Å². The molecule has 2 rings (SSSR count). The monoisotopic (exact) mass is 261 g/mol. The zero-order chi connectivity index (χ0) is 14.0. The predicted molar refractivity (Wildman–Crippen MR) is 79.6 cm³/mol. The van der Waals surface area contributed by atoms with Crippen LogP contribution in [0.4, 0.5) is 11.4 Å². The van der Waals surface area contributed by atoms with Gasteiger partial charge in [0, 0.05) is 30.0 Å². The molecule has 1 aliphatic heterocycles. The fraction of sp³-hybridized carbons (Fsp3) is 0.533. The van der Waals surface area contributed by atoms with E-state index in [4.69, 9.17) is 0 Å². The van der Waals surface area contributed by atoms with Gasteiger partial charge < -0.3 is 15.5 Å². The summed E-state index contributed by atoms with van der Waals surface area (Å²) in [5.74, 6) is 0.0276. The average Bonchev–Trinajstić information content (AvgIpc) is 2.74. The minimum Gasteiger partial charge on any atom is -0.372 e. The maximum Gasteiger partial charge on any atom is 0.246 e. The lowest BCUT2D eigenvalue weighted by Crippen LogP contribution is -2.30. The van der Waals surface area contributed by atoms with E-state index in [0.29, 0.717) is 6.04 Å². The lowest BCUT2D eigenvalue weighted by atomic mass is 10.1. The number of carbonyl (C=O) groups excluding carboxylic acids is 1. The quantitative estimate of drug-likeness (QED) is 0.856. The molecule has 0 spiro atoms. The molecule has 1 atom stereocenters. The second-order valence-electron chi connectivity index (χ2n) is 5.06. The zero-order valence-corrected chi connectivity index (χ0v) is 12.2. The molecule has 19 heavy (non-hydrogen) atoms. The maximum absolute atomic E-state index is 11.8. The Morgan fingerprint density at radius 1 is 1.37 bits per heavy atom. The molecule has 1 heterocycles. The topological polar surface area (TPSA) is 44.4 Å². The normalized spacial score (nSPS) is 17.5. The summed E-state index contributed by atoms with van der Waals surface area (Å²) in [4.78, 5) is 14.1. The van der Waals surface area contributed by atoms with E-state index in [1.165, 1.54) is 0 Å². The first-order valence-corrected chi connectivity index (χ1v) is 6.97. The first-order valence-electron chi connectivity index (χ1n) is 6.97. The molecule has 2 N–H and O–H groups in total. The van der Waals surface area contributed by atoms with Crippen LogP contribution in [0.3, 0.4) is 0 Å². The van der Waals surface area contributed by atoms with Crippen molar-refractivity contribution >= 4 is 17.3 Å². The van der Waals surface area contributed by atoms with Crippen molar-refractivity contribution in [2.75, 3.05) is 24.3 Å². The van der Waals surface area contributed by atoms with Crippen LogP contribution >= 0.6 is 0 Å². The van der Waals surface area contributed by atoms with Crippen LogP contribution in [0.1, 0.15) is 38.3 Å². The molecule has 1 aromatic carbocycles. The lowest BCUT2D eigenvalue weighted by molar-refractivity contribution is -0.117. The number of fused-ring (bicyclic) bond motifs is 1. The molecule has 1 amide bonds. The number of benzene rings is 1. The van der Waals surface area contributed by atoms with Gasteiger partial charge in [0.2, 0.25) is 5.91 Å². The van der Waals surface area contributed by atoms with E-state index in [-0.39, 0.29) is 11.9 Å². The summed E-state index contributed by atoms with van der Waals surface area (Å²) in [5.41, 5.74) is 3.12. The first-order chi connectivity index (χ1) is 9.12. The Morgan fingerprint density at radius 3 is 2.63 bits per heavy atom. The van der Waals surface area contributed by atoms with Crippen LogP contribution in [0.15, 0.2) is 18.2 Å². The van der Waals surface area contributed by atoms with Gasteiger partial charge in [0.15, 0.2) is 0 Å². The minimum atomic E-state index is -0.220. The number of hydrogen-bond donors (Lipinski definition) is 2. The van der Waals surface area contributed by atoms with E-state index in [2.05, 4.69) is 48.6 Å². The van der Waals surface area contributed by atoms with Gasteiger partial charge in [-0.2, -0.15) is 0 Å². The van der Waals surface area contributed by atoms with Crippen molar-refractivity contribution in [3.8, 4) is 0 Å². The Bertz CT molecular complexity index is 468. The molecule has 4 heteroatoms.